The van der Waals surface area contributed by atoms with Gasteiger partial charge < -0.3 is 0 Å². The highest BCUT2D eigenvalue weighted by Crippen LogP contribution is 2.24. The van der Waals surface area contributed by atoms with Gasteiger partial charge >= 0.3 is 0 Å². The second-order valence-electron chi connectivity index (χ2n) is 5.80. The minimum absolute atomic E-state index is 0.933. The maximum atomic E-state index is 8.49. The topological polar surface area (TPSA) is 128 Å². The fourth-order valence-corrected chi connectivity index (χ4v) is 2.87. The molecule has 1 aliphatic rings. The fourth-order valence-electron chi connectivity index (χ4n) is 2.61. The number of hydrazone groups is 1. The number of rotatable bonds is 3. The van der Waals surface area contributed by atoms with Gasteiger partial charge in [0.05, 0.1) is 11.3 Å². The first-order valence-corrected chi connectivity index (χ1v) is 10.3. The molecule has 0 fully saturated rings. The van der Waals surface area contributed by atoms with Gasteiger partial charge in [-0.3, -0.25) is 0 Å². The van der Waals surface area contributed by atoms with E-state index >= 15 is 0 Å². The van der Waals surface area contributed by atoms with Gasteiger partial charge in [0.15, 0.2) is 0 Å². The third-order valence-electron chi connectivity index (χ3n) is 3.80. The van der Waals surface area contributed by atoms with Crippen LogP contribution in [0.1, 0.15) is 5.56 Å². The highest BCUT2D eigenvalue weighted by atomic mass is 79.9. The molecule has 4 rings (SSSR count). The van der Waals surface area contributed by atoms with Crippen molar-refractivity contribution in [1.82, 2.24) is 0 Å². The van der Waals surface area contributed by atoms with Crippen LogP contribution < -0.4 is 34.3 Å². The lowest BCUT2D eigenvalue weighted by Crippen LogP contribution is -2.96. The van der Waals surface area contributed by atoms with Crippen LogP contribution in [0.4, 0.5) is 11.4 Å². The minimum Gasteiger partial charge on any atom is -0.222 e. The van der Waals surface area contributed by atoms with Crippen molar-refractivity contribution in [2.45, 2.75) is 0 Å². The summed E-state index contributed by atoms with van der Waals surface area (Å²) in [5.74, 6) is 0.933. The molecule has 150 valence electrons. The third-order valence-corrected chi connectivity index (χ3v) is 4.33. The van der Waals surface area contributed by atoms with Crippen LogP contribution in [0.2, 0.25) is 0 Å². The molecule has 10 heteroatoms. The molecule has 0 unspecified atom stereocenters. The molecule has 0 saturated heterocycles. The molecule has 0 aromatic heterocycles. The van der Waals surface area contributed by atoms with Crippen molar-refractivity contribution >= 4 is 33.1 Å². The lowest BCUT2D eigenvalue weighted by molar-refractivity contribution is -2.00. The van der Waals surface area contributed by atoms with Gasteiger partial charge in [-0.2, -0.15) is 5.43 Å². The van der Waals surface area contributed by atoms with Crippen LogP contribution in [-0.4, -0.2) is 5.84 Å². The summed E-state index contributed by atoms with van der Waals surface area (Å²) in [6, 6.07) is 28.6. The number of hydrazine groups is 1. The number of halogens is 2. The van der Waals surface area contributed by atoms with E-state index < -0.39 is 10.2 Å². The van der Waals surface area contributed by atoms with Crippen LogP contribution in [-0.2, 0) is 0 Å². The molecule has 0 radical (unpaired) electrons. The number of hydrogen-bond acceptors (Lipinski definition) is 7. The predicted octanol–water partition coefficient (Wildman–Crippen LogP) is -1.23. The standard InChI is InChI=1S/C19H15BrN4.ClHO4/c20-16-11-13-18(14-12-16)24-22-19(15-7-3-1-4-8-15)21-23(24)17-9-5-2-6-10-17;2-1(3,4)5/h1-14H,(H,21,22);(H,2,3,4,5). The molecule has 3 aromatic carbocycles. The van der Waals surface area contributed by atoms with Gasteiger partial charge in [-0.25, -0.2) is 18.6 Å². The van der Waals surface area contributed by atoms with Crippen molar-refractivity contribution in [3.8, 4) is 0 Å². The van der Waals surface area contributed by atoms with E-state index in [9.17, 15) is 0 Å². The molecule has 0 aliphatic carbocycles. The number of anilines is 2. The van der Waals surface area contributed by atoms with Crippen molar-refractivity contribution in [3.05, 3.63) is 95.0 Å². The largest absolute Gasteiger partial charge is 0.277 e. The Hall–Kier alpha value is -2.50. The first-order valence-electron chi connectivity index (χ1n) is 8.32. The van der Waals surface area contributed by atoms with E-state index in [0.717, 1.165) is 27.2 Å². The normalized spacial score (nSPS) is 13.6. The third kappa shape index (κ3) is 6.24. The van der Waals surface area contributed by atoms with Crippen LogP contribution in [0, 0.1) is 10.2 Å². The van der Waals surface area contributed by atoms with Crippen LogP contribution in [0.5, 0.6) is 0 Å². The average molecular weight is 480 g/mol. The van der Waals surface area contributed by atoms with Crippen molar-refractivity contribution in [2.24, 2.45) is 5.10 Å². The first-order chi connectivity index (χ1) is 13.8. The number of quaternary nitrogens is 1. The zero-order valence-electron chi connectivity index (χ0n) is 14.9. The number of hydrogen-bond donors (Lipinski definition) is 1. The van der Waals surface area contributed by atoms with Crippen LogP contribution in [0.25, 0.3) is 0 Å². The Morgan fingerprint density at radius 2 is 1.24 bits per heavy atom. The molecule has 1 aliphatic heterocycles. The van der Waals surface area contributed by atoms with Crippen molar-refractivity contribution in [3.63, 3.8) is 0 Å². The Morgan fingerprint density at radius 1 is 0.724 bits per heavy atom. The summed E-state index contributed by atoms with van der Waals surface area (Å²) in [4.78, 5) is 0. The second kappa shape index (κ2) is 9.33. The first kappa shape index (κ1) is 21.2. The van der Waals surface area contributed by atoms with Crippen LogP contribution in [0.15, 0.2) is 94.5 Å². The maximum absolute atomic E-state index is 8.49. The highest BCUT2D eigenvalue weighted by Gasteiger charge is 2.30. The molecule has 1 heterocycles. The molecule has 0 saturated carbocycles. The van der Waals surface area contributed by atoms with Crippen molar-refractivity contribution in [2.75, 3.05) is 10.2 Å². The monoisotopic (exact) mass is 478 g/mol. The molecule has 0 bridgehead atoms. The SMILES string of the molecule is Brc1ccc(N2N=C(c3ccccc3)[NH2+]N2c2ccccc2)cc1.[O-][Cl+3]([O-])([O-])[O-]. The van der Waals surface area contributed by atoms with Crippen molar-refractivity contribution < 1.29 is 34.3 Å². The summed E-state index contributed by atoms with van der Waals surface area (Å²) in [6.45, 7) is 0. The van der Waals surface area contributed by atoms with E-state index in [2.05, 4.69) is 50.7 Å². The zero-order chi connectivity index (χ0) is 20.9. The van der Waals surface area contributed by atoms with Gasteiger partial charge in [-0.05, 0) is 48.5 Å². The van der Waals surface area contributed by atoms with E-state index in [1.807, 2.05) is 65.8 Å². The van der Waals surface area contributed by atoms with E-state index in [1.165, 1.54) is 0 Å². The van der Waals surface area contributed by atoms with Gasteiger partial charge in [0.1, 0.15) is 5.69 Å². The van der Waals surface area contributed by atoms with Gasteiger partial charge in [0.2, 0.25) is 0 Å². The summed E-state index contributed by atoms with van der Waals surface area (Å²) >= 11 is 3.49. The molecular weight excluding hydrogens is 464 g/mol. The second-order valence-corrected chi connectivity index (χ2v) is 7.48. The summed E-state index contributed by atoms with van der Waals surface area (Å²) in [6.07, 6.45) is 0. The summed E-state index contributed by atoms with van der Waals surface area (Å²) in [5.41, 5.74) is 5.23. The Bertz CT molecular complexity index is 947. The highest BCUT2D eigenvalue weighted by molar-refractivity contribution is 9.10. The molecular formula is C19H16BrClN4O4. The van der Waals surface area contributed by atoms with E-state index in [0.29, 0.717) is 0 Å². The smallest absolute Gasteiger partial charge is 0.222 e. The van der Waals surface area contributed by atoms with Gasteiger partial charge in [-0.15, -0.1) is 20.5 Å². The summed E-state index contributed by atoms with van der Waals surface area (Å²) in [5, 5.41) is 8.80. The van der Waals surface area contributed by atoms with E-state index in [4.69, 9.17) is 23.7 Å². The van der Waals surface area contributed by atoms with Crippen molar-refractivity contribution in [1.29, 1.82) is 0 Å². The molecule has 0 spiro atoms. The summed E-state index contributed by atoms with van der Waals surface area (Å²) < 4.78 is 35.0. The van der Waals surface area contributed by atoms with Gasteiger partial charge in [0, 0.05) is 4.47 Å². The van der Waals surface area contributed by atoms with Gasteiger partial charge in [-0.1, -0.05) is 57.4 Å². The molecule has 29 heavy (non-hydrogen) atoms. The quantitative estimate of drug-likeness (QED) is 0.469. The Balaban J connectivity index is 0.000000431. The molecule has 8 nitrogen and oxygen atoms in total. The molecule has 3 aromatic rings. The average Bonchev–Trinajstić information content (AvgIpc) is 3.14. The Morgan fingerprint density at radius 3 is 1.79 bits per heavy atom. The number of para-hydroxylation sites is 1. The fraction of sp³-hybridized carbons (Fsp3) is 0. The van der Waals surface area contributed by atoms with Crippen LogP contribution in [0.3, 0.4) is 0 Å². The predicted molar refractivity (Wildman–Crippen MR) is 100 cm³/mol. The van der Waals surface area contributed by atoms with E-state index in [-0.39, 0.29) is 0 Å². The number of amidine groups is 1. The van der Waals surface area contributed by atoms with Crippen LogP contribution >= 0.6 is 15.9 Å². The lowest BCUT2D eigenvalue weighted by Gasteiger charge is -2.23. The zero-order valence-corrected chi connectivity index (χ0v) is 17.2. The maximum Gasteiger partial charge on any atom is 0.277 e. The molecule has 0 amide bonds. The Kier molecular flexibility index (Phi) is 6.83. The number of nitrogens with two attached hydrogens (primary N) is 1. The lowest BCUT2D eigenvalue weighted by atomic mass is 10.2. The van der Waals surface area contributed by atoms with E-state index in [1.54, 1.807) is 0 Å². The Labute approximate surface area is 177 Å². The summed E-state index contributed by atoms with van der Waals surface area (Å²) in [7, 11) is -4.94. The minimum atomic E-state index is -4.94. The molecule has 0 atom stereocenters. The van der Waals surface area contributed by atoms with Gasteiger partial charge in [0.25, 0.3) is 5.84 Å². The number of benzene rings is 3. The molecule has 2 N–H and O–H groups in total. The number of nitrogens with zero attached hydrogens (tertiary/aromatic N) is 3.